The van der Waals surface area contributed by atoms with Gasteiger partial charge in [0.2, 0.25) is 5.91 Å². The molecule has 2 heterocycles. The van der Waals surface area contributed by atoms with E-state index in [1.54, 1.807) is 11.9 Å². The van der Waals surface area contributed by atoms with Crippen LogP contribution in [0.2, 0.25) is 0 Å². The molecule has 0 aliphatic carbocycles. The smallest absolute Gasteiger partial charge is 0.354 e. The van der Waals surface area contributed by atoms with E-state index in [2.05, 4.69) is 22.2 Å². The number of para-hydroxylation sites is 1. The molecule has 0 aromatic heterocycles. The zero-order chi connectivity index (χ0) is 21.3. The number of esters is 1. The number of anilines is 1. The quantitative estimate of drug-likeness (QED) is 0.497. The molecule has 0 saturated carbocycles. The molecular weight excluding hydrogens is 380 g/mol. The molecule has 7 heteroatoms. The van der Waals surface area contributed by atoms with Gasteiger partial charge in [-0.1, -0.05) is 25.1 Å². The molecule has 1 saturated heterocycles. The first-order chi connectivity index (χ1) is 14.6. The van der Waals surface area contributed by atoms with Crippen LogP contribution in [-0.2, 0) is 14.3 Å². The summed E-state index contributed by atoms with van der Waals surface area (Å²) in [5, 5.41) is 9.07. The van der Waals surface area contributed by atoms with Crippen molar-refractivity contribution in [1.82, 2.24) is 10.2 Å². The molecule has 164 valence electrons. The van der Waals surface area contributed by atoms with Gasteiger partial charge in [-0.05, 0) is 70.3 Å². The molecule has 30 heavy (non-hydrogen) atoms. The van der Waals surface area contributed by atoms with Crippen molar-refractivity contribution in [1.29, 1.82) is 0 Å². The van der Waals surface area contributed by atoms with Crippen LogP contribution in [0.15, 0.2) is 35.4 Å². The average Bonchev–Trinajstić information content (AvgIpc) is 3.21. The van der Waals surface area contributed by atoms with Gasteiger partial charge >= 0.3 is 5.97 Å². The summed E-state index contributed by atoms with van der Waals surface area (Å²) in [6, 6.07) is 8.94. The molecule has 1 atom stereocenters. The predicted molar refractivity (Wildman–Crippen MR) is 118 cm³/mol. The second kappa shape index (κ2) is 11.1. The van der Waals surface area contributed by atoms with E-state index in [4.69, 9.17) is 4.74 Å². The van der Waals surface area contributed by atoms with Crippen molar-refractivity contribution in [2.45, 2.75) is 52.0 Å². The number of unbranched alkanes of at least 4 members (excludes halogenated alkanes) is 1. The van der Waals surface area contributed by atoms with Crippen LogP contribution < -0.4 is 10.3 Å². The van der Waals surface area contributed by atoms with E-state index in [1.807, 2.05) is 30.3 Å². The number of amides is 1. The summed E-state index contributed by atoms with van der Waals surface area (Å²) in [6.07, 6.45) is 4.85. The Morgan fingerprint density at radius 1 is 1.17 bits per heavy atom. The summed E-state index contributed by atoms with van der Waals surface area (Å²) in [7, 11) is 0. The first-order valence-corrected chi connectivity index (χ1v) is 11.2. The van der Waals surface area contributed by atoms with E-state index in [0.717, 1.165) is 31.0 Å². The first-order valence-electron chi connectivity index (χ1n) is 11.2. The standard InChI is InChI=1S/C23H34N4O3/c1-3-30-23(29)20-17-21(27(25-20)19-9-5-4-6-10-19)22(28)24-13-7-8-14-26-15-11-18(2)12-16-26/h4-6,9-10,18,21H,3,7-8,11-17H2,1-2H3,(H,24,28)/t21-/m1/s1. The van der Waals surface area contributed by atoms with Gasteiger partial charge in [0.15, 0.2) is 0 Å². The maximum atomic E-state index is 12.9. The number of rotatable bonds is 9. The number of carbonyl (C=O) groups excluding carboxylic acids is 2. The number of carbonyl (C=O) groups is 2. The molecule has 0 spiro atoms. The fraction of sp³-hybridized carbons (Fsp3) is 0.609. The zero-order valence-electron chi connectivity index (χ0n) is 18.2. The zero-order valence-corrected chi connectivity index (χ0v) is 18.2. The number of benzene rings is 1. The maximum absolute atomic E-state index is 12.9. The van der Waals surface area contributed by atoms with E-state index in [9.17, 15) is 9.59 Å². The topological polar surface area (TPSA) is 74.2 Å². The van der Waals surface area contributed by atoms with E-state index in [1.165, 1.54) is 25.9 Å². The molecule has 7 nitrogen and oxygen atoms in total. The van der Waals surface area contributed by atoms with E-state index < -0.39 is 12.0 Å². The lowest BCUT2D eigenvalue weighted by molar-refractivity contribution is -0.135. The third kappa shape index (κ3) is 6.05. The number of ether oxygens (including phenoxy) is 1. The van der Waals surface area contributed by atoms with Gasteiger partial charge in [0, 0.05) is 13.0 Å². The fourth-order valence-corrected chi connectivity index (χ4v) is 3.95. The van der Waals surface area contributed by atoms with Crippen LogP contribution >= 0.6 is 0 Å². The number of hydrogen-bond donors (Lipinski definition) is 1. The summed E-state index contributed by atoms with van der Waals surface area (Å²) in [5.41, 5.74) is 1.08. The average molecular weight is 415 g/mol. The Morgan fingerprint density at radius 2 is 1.90 bits per heavy atom. The number of piperidine rings is 1. The molecule has 2 aliphatic rings. The molecule has 0 unspecified atom stereocenters. The highest BCUT2D eigenvalue weighted by molar-refractivity contribution is 6.38. The Bertz CT molecular complexity index is 729. The monoisotopic (exact) mass is 414 g/mol. The highest BCUT2D eigenvalue weighted by atomic mass is 16.5. The number of hydrazone groups is 1. The van der Waals surface area contributed by atoms with Crippen LogP contribution in [0, 0.1) is 5.92 Å². The number of hydrogen-bond acceptors (Lipinski definition) is 6. The van der Waals surface area contributed by atoms with Crippen LogP contribution in [-0.4, -0.2) is 61.3 Å². The van der Waals surface area contributed by atoms with Gasteiger partial charge in [-0.2, -0.15) is 5.10 Å². The van der Waals surface area contributed by atoms with Crippen molar-refractivity contribution in [3.8, 4) is 0 Å². The van der Waals surface area contributed by atoms with Crippen molar-refractivity contribution < 1.29 is 14.3 Å². The van der Waals surface area contributed by atoms with Gasteiger partial charge in [-0.25, -0.2) is 4.79 Å². The predicted octanol–water partition coefficient (Wildman–Crippen LogP) is 2.81. The summed E-state index contributed by atoms with van der Waals surface area (Å²) in [4.78, 5) is 27.5. The van der Waals surface area contributed by atoms with Crippen LogP contribution in [0.5, 0.6) is 0 Å². The molecule has 1 aromatic carbocycles. The van der Waals surface area contributed by atoms with E-state index in [0.29, 0.717) is 12.3 Å². The molecule has 2 aliphatic heterocycles. The van der Waals surface area contributed by atoms with Crippen LogP contribution in [0.4, 0.5) is 5.69 Å². The lowest BCUT2D eigenvalue weighted by atomic mass is 9.99. The summed E-state index contributed by atoms with van der Waals surface area (Å²) >= 11 is 0. The van der Waals surface area contributed by atoms with Gasteiger partial charge in [0.25, 0.3) is 0 Å². The lowest BCUT2D eigenvalue weighted by Gasteiger charge is -2.30. The number of likely N-dealkylation sites (tertiary alicyclic amines) is 1. The lowest BCUT2D eigenvalue weighted by Crippen LogP contribution is -2.43. The maximum Gasteiger partial charge on any atom is 0.354 e. The molecular formula is C23H34N4O3. The minimum Gasteiger partial charge on any atom is -0.461 e. The third-order valence-corrected chi connectivity index (χ3v) is 5.82. The minimum absolute atomic E-state index is 0.103. The summed E-state index contributed by atoms with van der Waals surface area (Å²) < 4.78 is 5.08. The van der Waals surface area contributed by atoms with Gasteiger partial charge < -0.3 is 15.0 Å². The Labute approximate surface area is 179 Å². The van der Waals surface area contributed by atoms with Crippen molar-refractivity contribution in [3.05, 3.63) is 30.3 Å². The van der Waals surface area contributed by atoms with Crippen molar-refractivity contribution in [2.75, 3.05) is 37.8 Å². The summed E-state index contributed by atoms with van der Waals surface area (Å²) in [5.74, 6) is 0.291. The van der Waals surface area contributed by atoms with Crippen molar-refractivity contribution in [3.63, 3.8) is 0 Å². The number of nitrogens with zero attached hydrogens (tertiary/aromatic N) is 3. The minimum atomic E-state index is -0.532. The van der Waals surface area contributed by atoms with Crippen LogP contribution in [0.25, 0.3) is 0 Å². The van der Waals surface area contributed by atoms with Gasteiger partial charge in [-0.15, -0.1) is 0 Å². The Kier molecular flexibility index (Phi) is 8.25. The van der Waals surface area contributed by atoms with Gasteiger partial charge in [0.1, 0.15) is 11.8 Å². The molecule has 1 fully saturated rings. The molecule has 1 N–H and O–H groups in total. The van der Waals surface area contributed by atoms with E-state index in [-0.39, 0.29) is 18.9 Å². The number of nitrogens with one attached hydrogen (secondary N) is 1. The van der Waals surface area contributed by atoms with Crippen molar-refractivity contribution in [2.24, 2.45) is 11.0 Å². The van der Waals surface area contributed by atoms with E-state index >= 15 is 0 Å². The second-order valence-electron chi connectivity index (χ2n) is 8.19. The molecule has 1 aromatic rings. The Morgan fingerprint density at radius 3 is 2.60 bits per heavy atom. The SMILES string of the molecule is CCOC(=O)C1=NN(c2ccccc2)[C@@H](C(=O)NCCCCN2CCC(C)CC2)C1. The third-order valence-electron chi connectivity index (χ3n) is 5.82. The van der Waals surface area contributed by atoms with Gasteiger partial charge in [-0.3, -0.25) is 9.80 Å². The molecule has 0 radical (unpaired) electrons. The van der Waals surface area contributed by atoms with Crippen LogP contribution in [0.3, 0.4) is 0 Å². The van der Waals surface area contributed by atoms with Gasteiger partial charge in [0.05, 0.1) is 12.3 Å². The fourth-order valence-electron chi connectivity index (χ4n) is 3.95. The molecule has 0 bridgehead atoms. The first kappa shape index (κ1) is 22.3. The Balaban J connectivity index is 1.49. The van der Waals surface area contributed by atoms with Crippen molar-refractivity contribution >= 4 is 23.3 Å². The highest BCUT2D eigenvalue weighted by Gasteiger charge is 2.36. The molecule has 3 rings (SSSR count). The molecule has 1 amide bonds. The Hall–Kier alpha value is -2.41. The highest BCUT2D eigenvalue weighted by Crippen LogP contribution is 2.25. The second-order valence-corrected chi connectivity index (χ2v) is 8.19. The summed E-state index contributed by atoms with van der Waals surface area (Å²) in [6.45, 7) is 8.49. The normalized spacial score (nSPS) is 20.1. The largest absolute Gasteiger partial charge is 0.461 e. The van der Waals surface area contributed by atoms with Crippen LogP contribution in [0.1, 0.15) is 46.0 Å².